The van der Waals surface area contributed by atoms with Crippen LogP contribution in [0.15, 0.2) is 0 Å². The highest BCUT2D eigenvalue weighted by atomic mass is 14.9. The minimum Gasteiger partial charge on any atom is -0.317 e. The third-order valence-electron chi connectivity index (χ3n) is 3.45. The van der Waals surface area contributed by atoms with E-state index in [2.05, 4.69) is 19.2 Å². The van der Waals surface area contributed by atoms with Crippen LogP contribution >= 0.6 is 0 Å². The van der Waals surface area contributed by atoms with E-state index in [1.54, 1.807) is 0 Å². The van der Waals surface area contributed by atoms with Crippen LogP contribution < -0.4 is 5.32 Å². The van der Waals surface area contributed by atoms with Crippen LogP contribution in [0.3, 0.4) is 0 Å². The van der Waals surface area contributed by atoms with Crippen molar-refractivity contribution in [3.63, 3.8) is 0 Å². The second-order valence-corrected chi connectivity index (χ2v) is 4.60. The van der Waals surface area contributed by atoms with E-state index in [4.69, 9.17) is 0 Å². The highest BCUT2D eigenvalue weighted by Gasteiger charge is 2.28. The molecule has 0 unspecified atom stereocenters. The van der Waals surface area contributed by atoms with E-state index in [9.17, 15) is 0 Å². The number of rotatable bonds is 4. The molecule has 78 valence electrons. The van der Waals surface area contributed by atoms with Gasteiger partial charge in [-0.1, -0.05) is 26.7 Å². The van der Waals surface area contributed by atoms with Crippen LogP contribution in [0, 0.1) is 5.41 Å². The summed E-state index contributed by atoms with van der Waals surface area (Å²) in [5.74, 6) is 0. The molecule has 0 atom stereocenters. The van der Waals surface area contributed by atoms with Gasteiger partial charge in [-0.3, -0.25) is 0 Å². The SMILES string of the molecule is CCCC1(CCC)CCCNCC1. The first-order chi connectivity index (χ1) is 6.33. The van der Waals surface area contributed by atoms with Gasteiger partial charge in [0.25, 0.3) is 0 Å². The molecule has 1 aliphatic rings. The average molecular weight is 183 g/mol. The van der Waals surface area contributed by atoms with Gasteiger partial charge < -0.3 is 5.32 Å². The number of hydrogen-bond acceptors (Lipinski definition) is 1. The van der Waals surface area contributed by atoms with Gasteiger partial charge in [0, 0.05) is 0 Å². The maximum atomic E-state index is 3.52. The topological polar surface area (TPSA) is 12.0 Å². The van der Waals surface area contributed by atoms with Crippen molar-refractivity contribution in [1.29, 1.82) is 0 Å². The summed E-state index contributed by atoms with van der Waals surface area (Å²) in [6, 6.07) is 0. The van der Waals surface area contributed by atoms with E-state index in [0.29, 0.717) is 5.41 Å². The Morgan fingerprint density at radius 2 is 1.69 bits per heavy atom. The Balaban J connectivity index is 2.50. The minimum absolute atomic E-state index is 0.701. The molecule has 13 heavy (non-hydrogen) atoms. The molecule has 0 aromatic heterocycles. The lowest BCUT2D eigenvalue weighted by Gasteiger charge is -2.32. The first-order valence-corrected chi connectivity index (χ1v) is 6.04. The number of hydrogen-bond donors (Lipinski definition) is 1. The Morgan fingerprint density at radius 3 is 2.31 bits per heavy atom. The van der Waals surface area contributed by atoms with Crippen LogP contribution in [-0.4, -0.2) is 13.1 Å². The Morgan fingerprint density at radius 1 is 1.00 bits per heavy atom. The molecule has 1 heterocycles. The zero-order chi connectivity index (χ0) is 9.57. The average Bonchev–Trinajstić information content (AvgIpc) is 2.32. The maximum absolute atomic E-state index is 3.52. The molecule has 0 aliphatic carbocycles. The predicted molar refractivity (Wildman–Crippen MR) is 59.0 cm³/mol. The molecule has 0 aromatic carbocycles. The summed E-state index contributed by atoms with van der Waals surface area (Å²) >= 11 is 0. The molecule has 1 nitrogen and oxygen atoms in total. The van der Waals surface area contributed by atoms with Crippen LogP contribution in [0.4, 0.5) is 0 Å². The zero-order valence-electron chi connectivity index (χ0n) is 9.36. The van der Waals surface area contributed by atoms with Crippen molar-refractivity contribution in [3.8, 4) is 0 Å². The van der Waals surface area contributed by atoms with E-state index < -0.39 is 0 Å². The zero-order valence-corrected chi connectivity index (χ0v) is 9.36. The summed E-state index contributed by atoms with van der Waals surface area (Å²) in [6.07, 6.45) is 9.88. The Bertz CT molecular complexity index is 115. The molecule has 1 heteroatoms. The van der Waals surface area contributed by atoms with Gasteiger partial charge in [0.1, 0.15) is 0 Å². The summed E-state index contributed by atoms with van der Waals surface area (Å²) in [5, 5.41) is 3.52. The molecule has 1 rings (SSSR count). The maximum Gasteiger partial charge on any atom is -0.00436 e. The summed E-state index contributed by atoms with van der Waals surface area (Å²) < 4.78 is 0. The van der Waals surface area contributed by atoms with Crippen molar-refractivity contribution in [2.45, 2.75) is 58.8 Å². The summed E-state index contributed by atoms with van der Waals surface area (Å²) in [5.41, 5.74) is 0.701. The van der Waals surface area contributed by atoms with Crippen LogP contribution in [0.2, 0.25) is 0 Å². The molecular formula is C12H25N. The summed E-state index contributed by atoms with van der Waals surface area (Å²) in [4.78, 5) is 0. The Labute approximate surface area is 83.3 Å². The van der Waals surface area contributed by atoms with Gasteiger partial charge in [-0.25, -0.2) is 0 Å². The molecule has 1 N–H and O–H groups in total. The first kappa shape index (κ1) is 11.0. The molecule has 0 saturated carbocycles. The fourth-order valence-corrected chi connectivity index (χ4v) is 2.88. The van der Waals surface area contributed by atoms with Gasteiger partial charge >= 0.3 is 0 Å². The second-order valence-electron chi connectivity index (χ2n) is 4.60. The van der Waals surface area contributed by atoms with Gasteiger partial charge in [0.05, 0.1) is 0 Å². The summed E-state index contributed by atoms with van der Waals surface area (Å²) in [6.45, 7) is 7.15. The lowest BCUT2D eigenvalue weighted by atomic mass is 9.73. The monoisotopic (exact) mass is 183 g/mol. The smallest absolute Gasteiger partial charge is 0.00436 e. The van der Waals surface area contributed by atoms with Crippen LogP contribution in [0.25, 0.3) is 0 Å². The largest absolute Gasteiger partial charge is 0.317 e. The van der Waals surface area contributed by atoms with Gasteiger partial charge in [-0.05, 0) is 50.6 Å². The van der Waals surface area contributed by atoms with E-state index in [1.807, 2.05) is 0 Å². The second kappa shape index (κ2) is 5.64. The molecule has 1 saturated heterocycles. The van der Waals surface area contributed by atoms with E-state index in [-0.39, 0.29) is 0 Å². The van der Waals surface area contributed by atoms with Crippen LogP contribution in [-0.2, 0) is 0 Å². The standard InChI is InChI=1S/C12H25N/c1-3-6-12(7-4-2)8-5-10-13-11-9-12/h13H,3-11H2,1-2H3. The van der Waals surface area contributed by atoms with Crippen molar-refractivity contribution in [3.05, 3.63) is 0 Å². The molecule has 0 amide bonds. The molecular weight excluding hydrogens is 158 g/mol. The molecule has 0 spiro atoms. The predicted octanol–water partition coefficient (Wildman–Crippen LogP) is 3.35. The Hall–Kier alpha value is -0.0400. The van der Waals surface area contributed by atoms with E-state index in [1.165, 1.54) is 58.0 Å². The van der Waals surface area contributed by atoms with Crippen molar-refractivity contribution in [1.82, 2.24) is 5.32 Å². The third-order valence-corrected chi connectivity index (χ3v) is 3.45. The van der Waals surface area contributed by atoms with E-state index in [0.717, 1.165) is 0 Å². The van der Waals surface area contributed by atoms with Crippen LogP contribution in [0.5, 0.6) is 0 Å². The van der Waals surface area contributed by atoms with Crippen molar-refractivity contribution < 1.29 is 0 Å². The minimum atomic E-state index is 0.701. The highest BCUT2D eigenvalue weighted by molar-refractivity contribution is 4.82. The molecule has 1 fully saturated rings. The quantitative estimate of drug-likeness (QED) is 0.705. The first-order valence-electron chi connectivity index (χ1n) is 6.04. The fourth-order valence-electron chi connectivity index (χ4n) is 2.88. The van der Waals surface area contributed by atoms with Gasteiger partial charge in [0.15, 0.2) is 0 Å². The fraction of sp³-hybridized carbons (Fsp3) is 1.00. The normalized spacial score (nSPS) is 22.6. The summed E-state index contributed by atoms with van der Waals surface area (Å²) in [7, 11) is 0. The van der Waals surface area contributed by atoms with Crippen LogP contribution in [0.1, 0.15) is 58.8 Å². The molecule has 0 radical (unpaired) electrons. The highest BCUT2D eigenvalue weighted by Crippen LogP contribution is 2.38. The number of nitrogens with one attached hydrogen (secondary N) is 1. The van der Waals surface area contributed by atoms with Gasteiger partial charge in [-0.15, -0.1) is 0 Å². The molecule has 0 bridgehead atoms. The molecule has 1 aliphatic heterocycles. The van der Waals surface area contributed by atoms with Crippen molar-refractivity contribution in [2.75, 3.05) is 13.1 Å². The Kier molecular flexibility index (Phi) is 4.79. The third kappa shape index (κ3) is 3.30. The van der Waals surface area contributed by atoms with E-state index >= 15 is 0 Å². The van der Waals surface area contributed by atoms with Crippen molar-refractivity contribution in [2.24, 2.45) is 5.41 Å². The van der Waals surface area contributed by atoms with Gasteiger partial charge in [0.2, 0.25) is 0 Å². The lowest BCUT2D eigenvalue weighted by molar-refractivity contribution is 0.205. The van der Waals surface area contributed by atoms with Gasteiger partial charge in [-0.2, -0.15) is 0 Å². The lowest BCUT2D eigenvalue weighted by Crippen LogP contribution is -2.22. The molecule has 0 aromatic rings. The van der Waals surface area contributed by atoms with Crippen molar-refractivity contribution >= 4 is 0 Å².